The average molecular weight is 212 g/mol. The summed E-state index contributed by atoms with van der Waals surface area (Å²) in [5.74, 6) is -0.879. The Morgan fingerprint density at radius 1 is 1.18 bits per heavy atom. The number of carboxylic acids is 1. The average Bonchev–Trinajstić information content (AvgIpc) is 1.90. The van der Waals surface area contributed by atoms with Crippen LogP contribution >= 0.6 is 0 Å². The molecule has 1 aromatic carbocycles. The summed E-state index contributed by atoms with van der Waals surface area (Å²) in [7, 11) is 0. The second kappa shape index (κ2) is 6.99. The number of carboxylic acid groups (broad SMARTS) is 1. The van der Waals surface area contributed by atoms with E-state index >= 15 is 0 Å². The van der Waals surface area contributed by atoms with Crippen molar-refractivity contribution in [1.29, 1.82) is 0 Å². The van der Waals surface area contributed by atoms with E-state index in [0.717, 1.165) is 0 Å². The van der Waals surface area contributed by atoms with Gasteiger partial charge in [-0.2, -0.15) is 0 Å². The first-order valence-corrected chi connectivity index (χ1v) is 2.59. The maximum absolute atomic E-state index is 10.2. The zero-order valence-corrected chi connectivity index (χ0v) is 8.42. The van der Waals surface area contributed by atoms with Crippen LogP contribution in [-0.4, -0.2) is 40.6 Å². The molecule has 0 unspecified atom stereocenters. The van der Waals surface area contributed by atoms with Gasteiger partial charge in [-0.1, -0.05) is 18.2 Å². The van der Waals surface area contributed by atoms with Gasteiger partial charge in [0.25, 0.3) is 0 Å². The monoisotopic (exact) mass is 210 g/mol. The molecule has 0 atom stereocenters. The number of rotatable bonds is 1. The van der Waals surface area contributed by atoms with E-state index in [9.17, 15) is 4.79 Å². The predicted molar refractivity (Wildman–Crippen MR) is 40.6 cm³/mol. The molecule has 0 saturated carbocycles. The molecule has 0 aliphatic carbocycles. The van der Waals surface area contributed by atoms with Gasteiger partial charge in [-0.05, 0) is 12.1 Å². The van der Waals surface area contributed by atoms with Gasteiger partial charge in [0.05, 0.1) is 5.56 Å². The molecule has 0 aliphatic rings. The molecular formula is C7H7NaO2Zn. The largest absolute Gasteiger partial charge is 0 e. The zero-order chi connectivity index (χ0) is 6.69. The Labute approximate surface area is 100 Å². The fraction of sp³-hybridized carbons (Fsp3) is 0. The molecule has 1 N–H and O–H groups in total. The molecule has 0 fully saturated rings. The third-order valence-electron chi connectivity index (χ3n) is 1.02. The summed E-state index contributed by atoms with van der Waals surface area (Å²) >= 11 is 0. The van der Waals surface area contributed by atoms with E-state index in [-0.39, 0.29) is 49.0 Å². The fourth-order valence-electron chi connectivity index (χ4n) is 0.581. The summed E-state index contributed by atoms with van der Waals surface area (Å²) in [5.41, 5.74) is 0.331. The van der Waals surface area contributed by atoms with Crippen molar-refractivity contribution in [2.45, 2.75) is 0 Å². The SMILES string of the molecule is O=C(O)c1ccccc1.[NaH].[Zn]. The Morgan fingerprint density at radius 2 is 1.64 bits per heavy atom. The molecular weight excluding hydrogens is 204 g/mol. The molecule has 1 rings (SSSR count). The van der Waals surface area contributed by atoms with Crippen LogP contribution in [0.1, 0.15) is 10.4 Å². The standard InChI is InChI=1S/C7H6O2.Na.Zn.H/c8-7(9)6-4-2-1-3-5-6;;;/h1-5H,(H,8,9);;;. The van der Waals surface area contributed by atoms with Crippen molar-refractivity contribution in [3.05, 3.63) is 35.9 Å². The normalized spacial score (nSPS) is 7.27. The first kappa shape index (κ1) is 13.9. The van der Waals surface area contributed by atoms with Gasteiger partial charge in [0.1, 0.15) is 0 Å². The van der Waals surface area contributed by atoms with Crippen molar-refractivity contribution in [2.75, 3.05) is 0 Å². The van der Waals surface area contributed by atoms with E-state index in [1.165, 1.54) is 0 Å². The van der Waals surface area contributed by atoms with Gasteiger partial charge in [-0.3, -0.25) is 0 Å². The number of aromatic carboxylic acids is 1. The van der Waals surface area contributed by atoms with Crippen molar-refractivity contribution in [3.63, 3.8) is 0 Å². The molecule has 0 saturated heterocycles. The molecule has 0 aromatic heterocycles. The van der Waals surface area contributed by atoms with E-state index in [1.54, 1.807) is 30.3 Å². The van der Waals surface area contributed by atoms with Crippen LogP contribution in [0.15, 0.2) is 30.3 Å². The topological polar surface area (TPSA) is 37.3 Å². The fourth-order valence-corrected chi connectivity index (χ4v) is 0.581. The molecule has 1 aromatic rings. The molecule has 0 aliphatic heterocycles. The van der Waals surface area contributed by atoms with Gasteiger partial charge in [-0.25, -0.2) is 4.79 Å². The summed E-state index contributed by atoms with van der Waals surface area (Å²) < 4.78 is 0. The van der Waals surface area contributed by atoms with Gasteiger partial charge < -0.3 is 5.11 Å². The molecule has 0 spiro atoms. The molecule has 0 amide bonds. The van der Waals surface area contributed by atoms with Gasteiger partial charge >= 0.3 is 35.5 Å². The maximum Gasteiger partial charge on any atom is 0 e. The molecule has 0 radical (unpaired) electrons. The maximum atomic E-state index is 10.2. The molecule has 2 nitrogen and oxygen atoms in total. The number of hydrogen-bond acceptors (Lipinski definition) is 1. The van der Waals surface area contributed by atoms with Crippen LogP contribution < -0.4 is 0 Å². The Morgan fingerprint density at radius 3 is 1.91 bits per heavy atom. The Bertz CT molecular complexity index is 213. The minimum Gasteiger partial charge on any atom is 0 e. The molecule has 4 heteroatoms. The number of hydrogen-bond donors (Lipinski definition) is 1. The number of carbonyl (C=O) groups is 1. The van der Waals surface area contributed by atoms with Gasteiger partial charge in [0.2, 0.25) is 0 Å². The first-order chi connectivity index (χ1) is 4.30. The summed E-state index contributed by atoms with van der Waals surface area (Å²) in [6, 6.07) is 8.30. The van der Waals surface area contributed by atoms with Crippen LogP contribution in [-0.2, 0) is 19.5 Å². The van der Waals surface area contributed by atoms with Crippen LogP contribution in [0.3, 0.4) is 0 Å². The first-order valence-electron chi connectivity index (χ1n) is 2.59. The molecule has 11 heavy (non-hydrogen) atoms. The van der Waals surface area contributed by atoms with Crippen molar-refractivity contribution in [2.24, 2.45) is 0 Å². The van der Waals surface area contributed by atoms with Crippen molar-refractivity contribution in [3.8, 4) is 0 Å². The van der Waals surface area contributed by atoms with E-state index in [2.05, 4.69) is 0 Å². The van der Waals surface area contributed by atoms with Crippen molar-refractivity contribution < 1.29 is 29.4 Å². The Hall–Kier alpha value is 0.313. The van der Waals surface area contributed by atoms with Gasteiger partial charge in [0.15, 0.2) is 0 Å². The van der Waals surface area contributed by atoms with Crippen LogP contribution in [0.25, 0.3) is 0 Å². The third-order valence-corrected chi connectivity index (χ3v) is 1.02. The Kier molecular flexibility index (Phi) is 8.81. The summed E-state index contributed by atoms with van der Waals surface area (Å²) in [6.07, 6.45) is 0. The van der Waals surface area contributed by atoms with E-state index in [1.807, 2.05) is 0 Å². The minimum atomic E-state index is -0.879. The van der Waals surface area contributed by atoms with Gasteiger partial charge in [0, 0.05) is 19.5 Å². The van der Waals surface area contributed by atoms with Crippen molar-refractivity contribution >= 4 is 35.5 Å². The minimum absolute atomic E-state index is 0. The van der Waals surface area contributed by atoms with Crippen molar-refractivity contribution in [1.82, 2.24) is 0 Å². The summed E-state index contributed by atoms with van der Waals surface area (Å²) in [5, 5.41) is 8.38. The quantitative estimate of drug-likeness (QED) is 0.696. The Balaban J connectivity index is 0. The van der Waals surface area contributed by atoms with Crippen LogP contribution in [0, 0.1) is 0 Å². The number of benzene rings is 1. The van der Waals surface area contributed by atoms with E-state index in [4.69, 9.17) is 5.11 Å². The molecule has 0 heterocycles. The summed E-state index contributed by atoms with van der Waals surface area (Å²) in [4.78, 5) is 10.2. The molecule has 50 valence electrons. The smallest absolute Gasteiger partial charge is 0 e. The van der Waals surface area contributed by atoms with Crippen LogP contribution in [0.4, 0.5) is 0 Å². The zero-order valence-electron chi connectivity index (χ0n) is 5.45. The van der Waals surface area contributed by atoms with E-state index < -0.39 is 5.97 Å². The third kappa shape index (κ3) is 4.70. The second-order valence-corrected chi connectivity index (χ2v) is 1.67. The second-order valence-electron chi connectivity index (χ2n) is 1.67. The molecule has 0 bridgehead atoms. The van der Waals surface area contributed by atoms with Gasteiger partial charge in [-0.15, -0.1) is 0 Å². The van der Waals surface area contributed by atoms with E-state index in [0.29, 0.717) is 5.56 Å². The summed E-state index contributed by atoms with van der Waals surface area (Å²) in [6.45, 7) is 0. The van der Waals surface area contributed by atoms with Crippen LogP contribution in [0.5, 0.6) is 0 Å². The predicted octanol–water partition coefficient (Wildman–Crippen LogP) is 0.734. The van der Waals surface area contributed by atoms with Crippen LogP contribution in [0.2, 0.25) is 0 Å².